The number of nitrogens with one attached hydrogen (secondary N) is 1. The molecule has 0 bridgehead atoms. The lowest BCUT2D eigenvalue weighted by Crippen LogP contribution is -2.44. The Kier molecular flexibility index (Phi) is 3.79. The first-order valence-electron chi connectivity index (χ1n) is 7.74. The van der Waals surface area contributed by atoms with Gasteiger partial charge >= 0.3 is 6.09 Å². The van der Waals surface area contributed by atoms with Crippen LogP contribution in [0.15, 0.2) is 30.3 Å². The van der Waals surface area contributed by atoms with Gasteiger partial charge in [-0.15, -0.1) is 5.10 Å². The largest absolute Gasteiger partial charge is 0.445 e. The van der Waals surface area contributed by atoms with Crippen molar-refractivity contribution in [3.8, 4) is 0 Å². The fourth-order valence-electron chi connectivity index (χ4n) is 3.00. The Balaban J connectivity index is 1.78. The van der Waals surface area contributed by atoms with Crippen LogP contribution in [-0.4, -0.2) is 21.6 Å². The van der Waals surface area contributed by atoms with Crippen LogP contribution in [0.1, 0.15) is 42.4 Å². The van der Waals surface area contributed by atoms with Crippen LogP contribution in [-0.2, 0) is 23.4 Å². The molecule has 24 heavy (non-hydrogen) atoms. The summed E-state index contributed by atoms with van der Waals surface area (Å²) in [5.74, 6) is 0.139. The monoisotopic (exact) mass is 329 g/mol. The number of benzene rings is 1. The number of hydrogen-bond acceptors (Lipinski definition) is 4. The summed E-state index contributed by atoms with van der Waals surface area (Å²) in [6.07, 6.45) is -0.415. The number of H-pyrrole nitrogens is 1. The predicted octanol–water partition coefficient (Wildman–Crippen LogP) is 1.93. The maximum atomic E-state index is 12.5. The third-order valence-corrected chi connectivity index (χ3v) is 4.42. The predicted molar refractivity (Wildman–Crippen MR) is 86.9 cm³/mol. The molecule has 3 rings (SSSR count). The minimum absolute atomic E-state index is 0.198. The van der Waals surface area contributed by atoms with E-state index in [-0.39, 0.29) is 12.5 Å². The number of nitrogens with two attached hydrogens (primary N) is 1. The quantitative estimate of drug-likeness (QED) is 0.911. The van der Waals surface area contributed by atoms with Gasteiger partial charge in [-0.1, -0.05) is 35.0 Å². The van der Waals surface area contributed by atoms with Gasteiger partial charge in [0.1, 0.15) is 12.1 Å². The van der Waals surface area contributed by atoms with Crippen LogP contribution in [0.4, 0.5) is 10.6 Å². The molecule has 0 atom stereocenters. The topological polar surface area (TPSA) is 91.7 Å². The number of aromatic amines is 1. The van der Waals surface area contributed by atoms with Crippen LogP contribution < -0.4 is 10.8 Å². The second kappa shape index (κ2) is 5.67. The van der Waals surface area contributed by atoms with E-state index in [0.29, 0.717) is 12.4 Å². The van der Waals surface area contributed by atoms with E-state index in [1.165, 1.54) is 11.6 Å². The van der Waals surface area contributed by atoms with E-state index in [9.17, 15) is 9.59 Å². The lowest BCUT2D eigenvalue weighted by atomic mass is 10.0. The first-order valence-corrected chi connectivity index (χ1v) is 7.74. The van der Waals surface area contributed by atoms with Crippen LogP contribution in [0.2, 0.25) is 0 Å². The average molecular weight is 329 g/mol. The van der Waals surface area contributed by atoms with Crippen LogP contribution in [0.5, 0.6) is 0 Å². The van der Waals surface area contributed by atoms with E-state index in [1.54, 1.807) is 4.90 Å². The van der Waals surface area contributed by atoms with Gasteiger partial charge < -0.3 is 10.5 Å². The van der Waals surface area contributed by atoms with Gasteiger partial charge in [-0.05, 0) is 19.4 Å². The summed E-state index contributed by atoms with van der Waals surface area (Å²) < 4.78 is 6.73. The molecular weight excluding hydrogens is 308 g/mol. The summed E-state index contributed by atoms with van der Waals surface area (Å²) in [7, 11) is 0. The van der Waals surface area contributed by atoms with E-state index in [2.05, 4.69) is 5.10 Å². The molecule has 1 amide bonds. The minimum Gasteiger partial charge on any atom is -0.445 e. The molecule has 0 saturated heterocycles. The molecule has 0 unspecified atom stereocenters. The van der Waals surface area contributed by atoms with E-state index in [1.807, 2.05) is 44.2 Å². The lowest BCUT2D eigenvalue weighted by molar-refractivity contribution is -0.486. The second-order valence-electron chi connectivity index (χ2n) is 6.39. The van der Waals surface area contributed by atoms with Gasteiger partial charge in [-0.3, -0.25) is 9.69 Å². The van der Waals surface area contributed by atoms with E-state index < -0.39 is 11.6 Å². The van der Waals surface area contributed by atoms with E-state index in [0.717, 1.165) is 16.8 Å². The Morgan fingerprint density at radius 3 is 2.54 bits per heavy atom. The third kappa shape index (κ3) is 2.51. The molecule has 7 heteroatoms. The van der Waals surface area contributed by atoms with Crippen molar-refractivity contribution in [2.75, 3.05) is 5.73 Å². The summed E-state index contributed by atoms with van der Waals surface area (Å²) in [6, 6.07) is 9.51. The molecule has 7 nitrogen and oxygen atoms in total. The van der Waals surface area contributed by atoms with Crippen LogP contribution in [0, 0.1) is 0 Å². The molecule has 3 N–H and O–H groups in total. The Hall–Kier alpha value is -2.83. The normalized spacial score (nSPS) is 15.2. The fourth-order valence-corrected chi connectivity index (χ4v) is 3.00. The summed E-state index contributed by atoms with van der Waals surface area (Å²) >= 11 is 0. The average Bonchev–Trinajstić information content (AvgIpc) is 3.01. The molecule has 1 aliphatic rings. The number of fused-ring (bicyclic) bond motifs is 1. The first-order chi connectivity index (χ1) is 11.3. The van der Waals surface area contributed by atoms with Crippen LogP contribution in [0.25, 0.3) is 0 Å². The summed E-state index contributed by atoms with van der Waals surface area (Å²) in [5, 5.41) is 3.00. The molecule has 0 spiro atoms. The first kappa shape index (κ1) is 16.0. The van der Waals surface area contributed by atoms with Crippen LogP contribution in [0.3, 0.4) is 0 Å². The number of nitrogens with zero attached hydrogens (tertiary/aromatic N) is 2. The number of rotatable bonds is 2. The van der Waals surface area contributed by atoms with E-state index in [4.69, 9.17) is 10.5 Å². The number of amides is 1. The van der Waals surface area contributed by atoms with Crippen molar-refractivity contribution in [2.24, 2.45) is 0 Å². The van der Waals surface area contributed by atoms with Gasteiger partial charge in [0.2, 0.25) is 5.69 Å². The molecule has 0 fully saturated rings. The Morgan fingerprint density at radius 1 is 1.29 bits per heavy atom. The number of carbonyl (C=O) groups excluding carboxylic acids is 2. The number of anilines is 1. The summed E-state index contributed by atoms with van der Waals surface area (Å²) in [5.41, 5.74) is 7.83. The maximum Gasteiger partial charge on any atom is 0.411 e. The van der Waals surface area contributed by atoms with Gasteiger partial charge in [-0.25, -0.2) is 4.79 Å². The number of hydrogen-bond donors (Lipinski definition) is 1. The molecule has 1 aromatic carbocycles. The highest BCUT2D eigenvalue weighted by Gasteiger charge is 2.50. The number of aromatic nitrogens is 2. The zero-order valence-electron chi connectivity index (χ0n) is 14.0. The molecule has 0 aliphatic carbocycles. The maximum absolute atomic E-state index is 12.5. The highest BCUT2D eigenvalue weighted by atomic mass is 16.6. The van der Waals surface area contributed by atoms with Crippen molar-refractivity contribution in [3.05, 3.63) is 47.2 Å². The van der Waals surface area contributed by atoms with Crippen molar-refractivity contribution >= 4 is 17.8 Å². The Morgan fingerprint density at radius 2 is 1.96 bits per heavy atom. The van der Waals surface area contributed by atoms with Crippen molar-refractivity contribution < 1.29 is 19.4 Å². The second-order valence-corrected chi connectivity index (χ2v) is 6.39. The minimum atomic E-state index is -0.641. The van der Waals surface area contributed by atoms with Gasteiger partial charge in [0.05, 0.1) is 12.1 Å². The zero-order chi connectivity index (χ0) is 17.5. The summed E-state index contributed by atoms with van der Waals surface area (Å²) in [4.78, 5) is 25.7. The number of nitrogen functional groups attached to an aromatic ring is 1. The molecule has 126 valence electrons. The standard InChI is InChI=1S/C17H20N4O3/c1-11(22)21-15(18)13-9-20(17(2,3)14(13)19-21)16(23)24-10-12-7-5-4-6-8-12/h4-8H,9-10,18H2,1-3H3/p+1. The van der Waals surface area contributed by atoms with Crippen molar-refractivity contribution in [1.82, 2.24) is 9.58 Å². The van der Waals surface area contributed by atoms with Gasteiger partial charge in [-0.2, -0.15) is 0 Å². The summed E-state index contributed by atoms with van der Waals surface area (Å²) in [6.45, 7) is 5.73. The third-order valence-electron chi connectivity index (χ3n) is 4.42. The Bertz CT molecular complexity index is 796. The van der Waals surface area contributed by atoms with Crippen LogP contribution >= 0.6 is 0 Å². The smallest absolute Gasteiger partial charge is 0.411 e. The molecule has 1 aromatic heterocycles. The van der Waals surface area contributed by atoms with Crippen molar-refractivity contribution in [1.29, 1.82) is 0 Å². The highest BCUT2D eigenvalue weighted by Crippen LogP contribution is 2.39. The lowest BCUT2D eigenvalue weighted by Gasteiger charge is -2.28. The number of carbonyl (C=O) groups is 2. The van der Waals surface area contributed by atoms with E-state index >= 15 is 0 Å². The number of ether oxygens (including phenoxy) is 1. The van der Waals surface area contributed by atoms with Crippen molar-refractivity contribution in [2.45, 2.75) is 39.5 Å². The van der Waals surface area contributed by atoms with Gasteiger partial charge in [0.15, 0.2) is 5.82 Å². The van der Waals surface area contributed by atoms with Gasteiger partial charge in [0.25, 0.3) is 5.91 Å². The molecule has 2 aromatic rings. The fraction of sp³-hybridized carbons (Fsp3) is 0.353. The Labute approximate surface area is 140 Å². The molecule has 2 heterocycles. The molecule has 1 aliphatic heterocycles. The zero-order valence-corrected chi connectivity index (χ0v) is 14.0. The van der Waals surface area contributed by atoms with Crippen molar-refractivity contribution in [3.63, 3.8) is 0 Å². The molecule has 0 saturated carbocycles. The molecule has 0 radical (unpaired) electrons. The highest BCUT2D eigenvalue weighted by molar-refractivity contribution is 5.79. The van der Waals surface area contributed by atoms with Gasteiger partial charge in [0, 0.05) is 6.92 Å². The SMILES string of the molecule is CC(=O)n1[nH+]c2c(c1N)CN(C(=O)OCc1ccccc1)C2(C)C. The molecular formula is C17H21N4O3+.